The van der Waals surface area contributed by atoms with Gasteiger partial charge in [-0.3, -0.25) is 13.9 Å². The fourth-order valence-corrected chi connectivity index (χ4v) is 4.80. The van der Waals surface area contributed by atoms with Crippen molar-refractivity contribution in [2.45, 2.75) is 17.7 Å². The van der Waals surface area contributed by atoms with Crippen molar-refractivity contribution in [3.8, 4) is 0 Å². The number of Topliss-reactive ketones (excluding diaryl/α,β-unsaturated/α-hetero) is 1. The summed E-state index contributed by atoms with van der Waals surface area (Å²) in [5, 5.41) is 9.60. The van der Waals surface area contributed by atoms with E-state index >= 15 is 0 Å². The number of fused-ring (bicyclic) bond motifs is 1. The number of carbonyl (C=O) groups is 2. The fourth-order valence-electron chi connectivity index (χ4n) is 2.27. The number of aromatic nitrogens is 2. The summed E-state index contributed by atoms with van der Waals surface area (Å²) in [6, 6.07) is 3.35. The van der Waals surface area contributed by atoms with Crippen LogP contribution in [0.5, 0.6) is 0 Å². The van der Waals surface area contributed by atoms with Gasteiger partial charge in [-0.1, -0.05) is 11.3 Å². The second-order valence-corrected chi connectivity index (χ2v) is 7.98. The molecule has 0 saturated carbocycles. The molecule has 3 rings (SSSR count). The number of sulfonamides is 1. The average molecular weight is 370 g/mol. The van der Waals surface area contributed by atoms with Crippen molar-refractivity contribution in [3.63, 3.8) is 0 Å². The maximum absolute atomic E-state index is 13.4. The number of anilines is 2. The molecule has 1 aliphatic heterocycles. The second kappa shape index (κ2) is 5.91. The molecule has 2 aromatic rings. The Bertz CT molecular complexity index is 941. The van der Waals surface area contributed by atoms with Crippen LogP contribution < -0.4 is 9.62 Å². The summed E-state index contributed by atoms with van der Waals surface area (Å²) < 4.78 is 39.6. The number of amides is 1. The van der Waals surface area contributed by atoms with E-state index in [0.29, 0.717) is 11.3 Å². The summed E-state index contributed by atoms with van der Waals surface area (Å²) in [7, 11) is -4.07. The van der Waals surface area contributed by atoms with Crippen LogP contribution in [-0.2, 0) is 14.8 Å². The van der Waals surface area contributed by atoms with Crippen molar-refractivity contribution in [2.75, 3.05) is 16.2 Å². The molecule has 0 radical (unpaired) electrons. The smallest absolute Gasteiger partial charge is 0.293 e. The number of halogens is 1. The first kappa shape index (κ1) is 16.5. The van der Waals surface area contributed by atoms with E-state index in [1.807, 2.05) is 0 Å². The zero-order chi connectivity index (χ0) is 17.5. The number of hydrogen-bond donors (Lipinski definition) is 1. The van der Waals surface area contributed by atoms with Gasteiger partial charge in [0.2, 0.25) is 11.0 Å². The second-order valence-electron chi connectivity index (χ2n) is 4.97. The lowest BCUT2D eigenvalue weighted by Crippen LogP contribution is -2.37. The molecule has 0 atom stereocenters. The van der Waals surface area contributed by atoms with E-state index in [4.69, 9.17) is 0 Å². The molecule has 24 heavy (non-hydrogen) atoms. The van der Waals surface area contributed by atoms with Crippen LogP contribution in [0.4, 0.5) is 15.2 Å². The van der Waals surface area contributed by atoms with Crippen LogP contribution in [0.15, 0.2) is 22.5 Å². The van der Waals surface area contributed by atoms with Gasteiger partial charge < -0.3 is 5.32 Å². The molecule has 11 heteroatoms. The van der Waals surface area contributed by atoms with Crippen LogP contribution in [-0.4, -0.2) is 36.9 Å². The van der Waals surface area contributed by atoms with Crippen molar-refractivity contribution < 1.29 is 22.4 Å². The van der Waals surface area contributed by atoms with E-state index in [1.165, 1.54) is 13.0 Å². The minimum atomic E-state index is -4.07. The molecule has 0 fully saturated rings. The van der Waals surface area contributed by atoms with Gasteiger partial charge in [0.05, 0.1) is 5.69 Å². The number of nitrogens with zero attached hydrogens (tertiary/aromatic N) is 3. The molecule has 0 aliphatic carbocycles. The van der Waals surface area contributed by atoms with Crippen molar-refractivity contribution >= 4 is 43.9 Å². The van der Waals surface area contributed by atoms with E-state index in [2.05, 4.69) is 15.5 Å². The molecule has 1 aromatic carbocycles. The minimum absolute atomic E-state index is 0.0106. The minimum Gasteiger partial charge on any atom is -0.301 e. The molecule has 2 heterocycles. The molecule has 126 valence electrons. The quantitative estimate of drug-likeness (QED) is 0.819. The van der Waals surface area contributed by atoms with Crippen LogP contribution in [0.3, 0.4) is 0 Å². The first-order valence-corrected chi connectivity index (χ1v) is 9.01. The van der Waals surface area contributed by atoms with Gasteiger partial charge in [-0.15, -0.1) is 10.2 Å². The van der Waals surface area contributed by atoms with Crippen molar-refractivity contribution in [1.29, 1.82) is 0 Å². The number of rotatable bonds is 3. The van der Waals surface area contributed by atoms with Gasteiger partial charge in [-0.05, 0) is 18.2 Å². The third kappa shape index (κ3) is 2.87. The largest absolute Gasteiger partial charge is 0.301 e. The van der Waals surface area contributed by atoms with E-state index in [0.717, 1.165) is 16.4 Å². The Labute approximate surface area is 140 Å². The lowest BCUT2D eigenvalue weighted by atomic mass is 10.0. The lowest BCUT2D eigenvalue weighted by Gasteiger charge is -2.28. The Morgan fingerprint density at radius 1 is 1.38 bits per heavy atom. The maximum atomic E-state index is 13.4. The van der Waals surface area contributed by atoms with Crippen molar-refractivity contribution in [3.05, 3.63) is 29.6 Å². The highest BCUT2D eigenvalue weighted by Crippen LogP contribution is 2.33. The molecular formula is C13H11FN4O4S2. The zero-order valence-electron chi connectivity index (χ0n) is 12.3. The molecule has 1 aromatic heterocycles. The Morgan fingerprint density at radius 3 is 2.83 bits per heavy atom. The summed E-state index contributed by atoms with van der Waals surface area (Å²) in [5.41, 5.74) is 0.111. The van der Waals surface area contributed by atoms with Gasteiger partial charge in [-0.25, -0.2) is 4.39 Å². The van der Waals surface area contributed by atoms with E-state index < -0.39 is 21.7 Å². The van der Waals surface area contributed by atoms with Crippen LogP contribution in [0.2, 0.25) is 0 Å². The average Bonchev–Trinajstić information content (AvgIpc) is 2.96. The van der Waals surface area contributed by atoms with Crippen LogP contribution in [0, 0.1) is 5.82 Å². The highest BCUT2D eigenvalue weighted by Gasteiger charge is 2.35. The topological polar surface area (TPSA) is 109 Å². The summed E-state index contributed by atoms with van der Waals surface area (Å²) in [6.07, 6.45) is -0.0625. The van der Waals surface area contributed by atoms with Gasteiger partial charge >= 0.3 is 0 Å². The monoisotopic (exact) mass is 370 g/mol. The van der Waals surface area contributed by atoms with Gasteiger partial charge in [-0.2, -0.15) is 8.42 Å². The van der Waals surface area contributed by atoms with E-state index in [-0.39, 0.29) is 39.5 Å². The first-order valence-electron chi connectivity index (χ1n) is 6.75. The van der Waals surface area contributed by atoms with Crippen molar-refractivity contribution in [2.24, 2.45) is 0 Å². The van der Waals surface area contributed by atoms with E-state index in [9.17, 15) is 22.4 Å². The van der Waals surface area contributed by atoms with Gasteiger partial charge in [0.25, 0.3) is 14.4 Å². The molecule has 1 amide bonds. The highest BCUT2D eigenvalue weighted by molar-refractivity contribution is 7.94. The molecule has 0 spiro atoms. The Balaban J connectivity index is 2.02. The van der Waals surface area contributed by atoms with Crippen molar-refractivity contribution in [1.82, 2.24) is 10.2 Å². The number of nitrogens with one attached hydrogen (secondary N) is 1. The standard InChI is InChI=1S/C13H11FN4O4S2/c1-7(19)15-12-16-17-13(23-12)24(21,22)18-5-4-11(20)9-6-8(14)2-3-10(9)18/h2-3,6H,4-5H2,1H3,(H,15,16,19). The Morgan fingerprint density at radius 2 is 2.12 bits per heavy atom. The number of hydrogen-bond acceptors (Lipinski definition) is 7. The fraction of sp³-hybridized carbons (Fsp3) is 0.231. The van der Waals surface area contributed by atoms with Crippen LogP contribution >= 0.6 is 11.3 Å². The van der Waals surface area contributed by atoms with Gasteiger partial charge in [0, 0.05) is 25.5 Å². The van der Waals surface area contributed by atoms with Gasteiger partial charge in [0.15, 0.2) is 5.78 Å². The molecule has 1 aliphatic rings. The molecule has 8 nitrogen and oxygen atoms in total. The zero-order valence-corrected chi connectivity index (χ0v) is 13.9. The number of carbonyl (C=O) groups excluding carboxylic acids is 2. The van der Waals surface area contributed by atoms with E-state index in [1.54, 1.807) is 0 Å². The normalized spacial score (nSPS) is 14.4. The summed E-state index contributed by atoms with van der Waals surface area (Å²) in [6.45, 7) is 1.19. The SMILES string of the molecule is CC(=O)Nc1nnc(S(=O)(=O)N2CCC(=O)c3cc(F)ccc32)s1. The molecule has 1 N–H and O–H groups in total. The third-order valence-corrected chi connectivity index (χ3v) is 6.27. The lowest BCUT2D eigenvalue weighted by molar-refractivity contribution is -0.114. The number of ketones is 1. The molecular weight excluding hydrogens is 359 g/mol. The molecule has 0 saturated heterocycles. The Hall–Kier alpha value is -2.40. The highest BCUT2D eigenvalue weighted by atomic mass is 32.2. The van der Waals surface area contributed by atoms with Crippen LogP contribution in [0.25, 0.3) is 0 Å². The molecule has 0 bridgehead atoms. The number of benzene rings is 1. The third-order valence-electron chi connectivity index (χ3n) is 3.27. The first-order chi connectivity index (χ1) is 11.3. The Kier molecular flexibility index (Phi) is 4.05. The molecule has 0 unspecified atom stereocenters. The predicted octanol–water partition coefficient (Wildman–Crippen LogP) is 1.42. The summed E-state index contributed by atoms with van der Waals surface area (Å²) >= 11 is 0.698. The predicted molar refractivity (Wildman–Crippen MR) is 84.1 cm³/mol. The summed E-state index contributed by atoms with van der Waals surface area (Å²) in [4.78, 5) is 22.9. The maximum Gasteiger partial charge on any atom is 0.293 e. The van der Waals surface area contributed by atoms with Crippen LogP contribution in [0.1, 0.15) is 23.7 Å². The summed E-state index contributed by atoms with van der Waals surface area (Å²) in [5.74, 6) is -1.35. The van der Waals surface area contributed by atoms with Gasteiger partial charge in [0.1, 0.15) is 5.82 Å².